The standard InChI is InChI=1S/C36H30N6O3/c1-2-33(43)38-26-12-13-31-32(20-26)42(36(45)40-31)27-15-18-41(19-16-27)22-23-8-10-25(11-9-23)34-28(24-6-4-3-5-7-24)21-29-30(39-34)14-17-37-35(29)44/h1,3-14,17,20-21,27H,15-16,18-19,22H2,(H,37,44)(H,38,43)(H,40,45). The van der Waals surface area contributed by atoms with Crippen LogP contribution in [0.2, 0.25) is 0 Å². The van der Waals surface area contributed by atoms with E-state index in [1.807, 2.05) is 47.0 Å². The van der Waals surface area contributed by atoms with E-state index in [9.17, 15) is 14.4 Å². The predicted molar refractivity (Wildman–Crippen MR) is 177 cm³/mol. The average molecular weight is 595 g/mol. The van der Waals surface area contributed by atoms with Gasteiger partial charge in [-0.05, 0) is 60.2 Å². The van der Waals surface area contributed by atoms with Gasteiger partial charge >= 0.3 is 5.69 Å². The Hall–Kier alpha value is -5.72. The first-order valence-corrected chi connectivity index (χ1v) is 14.9. The third-order valence-corrected chi connectivity index (χ3v) is 8.50. The van der Waals surface area contributed by atoms with Crippen LogP contribution in [0.4, 0.5) is 5.69 Å². The number of aromatic nitrogens is 4. The van der Waals surface area contributed by atoms with Gasteiger partial charge in [-0.1, -0.05) is 54.6 Å². The van der Waals surface area contributed by atoms with Gasteiger partial charge < -0.3 is 15.3 Å². The second kappa shape index (κ2) is 11.8. The normalized spacial score (nSPS) is 14.0. The number of piperidine rings is 1. The van der Waals surface area contributed by atoms with Gasteiger partial charge in [0, 0.05) is 48.7 Å². The van der Waals surface area contributed by atoms with Crippen LogP contribution in [0.25, 0.3) is 44.3 Å². The number of H-pyrrole nitrogens is 2. The summed E-state index contributed by atoms with van der Waals surface area (Å²) in [5.74, 6) is 1.53. The zero-order chi connectivity index (χ0) is 30.9. The molecule has 9 nitrogen and oxygen atoms in total. The van der Waals surface area contributed by atoms with Crippen molar-refractivity contribution in [1.82, 2.24) is 24.4 Å². The smallest absolute Gasteiger partial charge is 0.326 e. The number of imidazole rings is 1. The largest absolute Gasteiger partial charge is 0.328 e. The van der Waals surface area contributed by atoms with Crippen molar-refractivity contribution in [1.29, 1.82) is 0 Å². The molecule has 45 heavy (non-hydrogen) atoms. The van der Waals surface area contributed by atoms with Crippen molar-refractivity contribution >= 4 is 33.5 Å². The molecule has 0 unspecified atom stereocenters. The fourth-order valence-corrected chi connectivity index (χ4v) is 6.26. The first-order valence-electron chi connectivity index (χ1n) is 14.9. The summed E-state index contributed by atoms with van der Waals surface area (Å²) in [4.78, 5) is 50.1. The van der Waals surface area contributed by atoms with Gasteiger partial charge in [0.05, 0.1) is 27.6 Å². The molecule has 0 bridgehead atoms. The van der Waals surface area contributed by atoms with Crippen LogP contribution in [-0.2, 0) is 11.3 Å². The number of carbonyl (C=O) groups excluding carboxylic acids is 1. The minimum atomic E-state index is -0.526. The van der Waals surface area contributed by atoms with Gasteiger partial charge in [-0.3, -0.25) is 19.1 Å². The minimum absolute atomic E-state index is 0.0473. The summed E-state index contributed by atoms with van der Waals surface area (Å²) < 4.78 is 1.81. The third kappa shape index (κ3) is 5.55. The second-order valence-corrected chi connectivity index (χ2v) is 11.3. The lowest BCUT2D eigenvalue weighted by Gasteiger charge is -2.32. The van der Waals surface area contributed by atoms with E-state index in [0.29, 0.717) is 16.6 Å². The van der Waals surface area contributed by atoms with E-state index >= 15 is 0 Å². The van der Waals surface area contributed by atoms with Crippen molar-refractivity contribution in [3.8, 4) is 34.7 Å². The van der Waals surface area contributed by atoms with Gasteiger partial charge in [-0.25, -0.2) is 9.78 Å². The summed E-state index contributed by atoms with van der Waals surface area (Å²) in [7, 11) is 0. The van der Waals surface area contributed by atoms with Crippen molar-refractivity contribution in [2.24, 2.45) is 0 Å². The highest BCUT2D eigenvalue weighted by molar-refractivity contribution is 6.04. The van der Waals surface area contributed by atoms with Crippen molar-refractivity contribution in [3.05, 3.63) is 118 Å². The van der Waals surface area contributed by atoms with Crippen LogP contribution in [0.5, 0.6) is 0 Å². The zero-order valence-electron chi connectivity index (χ0n) is 24.4. The molecule has 1 aliphatic rings. The van der Waals surface area contributed by atoms with Crippen LogP contribution in [0.3, 0.4) is 0 Å². The topological polar surface area (TPSA) is 116 Å². The first-order chi connectivity index (χ1) is 22.0. The number of benzene rings is 3. The van der Waals surface area contributed by atoms with Crippen molar-refractivity contribution in [2.45, 2.75) is 25.4 Å². The number of hydrogen-bond acceptors (Lipinski definition) is 5. The van der Waals surface area contributed by atoms with Gasteiger partial charge in [-0.2, -0.15) is 0 Å². The molecule has 9 heteroatoms. The molecule has 0 saturated carbocycles. The van der Waals surface area contributed by atoms with E-state index in [-0.39, 0.29) is 17.3 Å². The van der Waals surface area contributed by atoms with E-state index in [2.05, 4.69) is 50.4 Å². The van der Waals surface area contributed by atoms with Crippen molar-refractivity contribution in [3.63, 3.8) is 0 Å². The highest BCUT2D eigenvalue weighted by Gasteiger charge is 2.24. The molecule has 3 N–H and O–H groups in total. The minimum Gasteiger partial charge on any atom is -0.328 e. The van der Waals surface area contributed by atoms with Crippen LogP contribution in [0.1, 0.15) is 24.4 Å². The van der Waals surface area contributed by atoms with Crippen LogP contribution in [-0.4, -0.2) is 43.4 Å². The maximum absolute atomic E-state index is 12.9. The van der Waals surface area contributed by atoms with Gasteiger partial charge in [0.1, 0.15) is 0 Å². The summed E-state index contributed by atoms with van der Waals surface area (Å²) in [6.45, 7) is 2.49. The van der Waals surface area contributed by atoms with Gasteiger partial charge in [0.15, 0.2) is 0 Å². The Labute approximate surface area is 258 Å². The number of anilines is 1. The third-order valence-electron chi connectivity index (χ3n) is 8.50. The zero-order valence-corrected chi connectivity index (χ0v) is 24.4. The lowest BCUT2D eigenvalue weighted by Crippen LogP contribution is -2.36. The van der Waals surface area contributed by atoms with Crippen LogP contribution in [0, 0.1) is 12.3 Å². The number of nitrogens with one attached hydrogen (secondary N) is 3. The van der Waals surface area contributed by atoms with E-state index in [4.69, 9.17) is 11.4 Å². The Morgan fingerprint density at radius 1 is 0.956 bits per heavy atom. The number of pyridine rings is 2. The van der Waals surface area contributed by atoms with E-state index in [1.54, 1.807) is 24.4 Å². The molecule has 7 rings (SSSR count). The van der Waals surface area contributed by atoms with Crippen LogP contribution < -0.4 is 16.6 Å². The number of aromatic amines is 2. The fraction of sp³-hybridized carbons (Fsp3) is 0.167. The summed E-state index contributed by atoms with van der Waals surface area (Å²) in [5.41, 5.74) is 7.30. The molecule has 222 valence electrons. The van der Waals surface area contributed by atoms with E-state index in [0.717, 1.165) is 65.9 Å². The van der Waals surface area contributed by atoms with Crippen molar-refractivity contribution in [2.75, 3.05) is 18.4 Å². The molecule has 6 aromatic rings. The average Bonchev–Trinajstić information content (AvgIpc) is 3.40. The molecular weight excluding hydrogens is 564 g/mol. The molecule has 0 spiro atoms. The van der Waals surface area contributed by atoms with Crippen LogP contribution in [0.15, 0.2) is 101 Å². The highest BCUT2D eigenvalue weighted by Crippen LogP contribution is 2.33. The number of rotatable bonds is 6. The summed E-state index contributed by atoms with van der Waals surface area (Å²) >= 11 is 0. The Morgan fingerprint density at radius 3 is 2.49 bits per heavy atom. The summed E-state index contributed by atoms with van der Waals surface area (Å²) in [6.07, 6.45) is 8.47. The molecule has 0 radical (unpaired) electrons. The molecule has 0 atom stereocenters. The van der Waals surface area contributed by atoms with E-state index < -0.39 is 5.91 Å². The summed E-state index contributed by atoms with van der Waals surface area (Å²) in [5, 5.41) is 3.22. The number of hydrogen-bond donors (Lipinski definition) is 3. The molecule has 1 fully saturated rings. The maximum atomic E-state index is 12.9. The van der Waals surface area contributed by atoms with Gasteiger partial charge in [-0.15, -0.1) is 6.42 Å². The Bertz CT molecular complexity index is 2200. The monoisotopic (exact) mass is 594 g/mol. The number of amides is 1. The van der Waals surface area contributed by atoms with E-state index in [1.165, 1.54) is 5.56 Å². The van der Waals surface area contributed by atoms with Gasteiger partial charge in [0.2, 0.25) is 0 Å². The molecule has 0 aliphatic carbocycles. The number of carbonyl (C=O) groups is 1. The highest BCUT2D eigenvalue weighted by atomic mass is 16.2. The molecule has 3 aromatic heterocycles. The van der Waals surface area contributed by atoms with Crippen molar-refractivity contribution < 1.29 is 4.79 Å². The molecule has 1 amide bonds. The Kier molecular flexibility index (Phi) is 7.33. The van der Waals surface area contributed by atoms with Crippen LogP contribution >= 0.6 is 0 Å². The Balaban J connectivity index is 1.08. The van der Waals surface area contributed by atoms with Gasteiger partial charge in [0.25, 0.3) is 11.5 Å². The molecule has 4 heterocycles. The second-order valence-electron chi connectivity index (χ2n) is 11.3. The summed E-state index contributed by atoms with van der Waals surface area (Å²) in [6, 6.07) is 27.6. The molecule has 1 aliphatic heterocycles. The fourth-order valence-electron chi connectivity index (χ4n) is 6.26. The number of nitrogens with zero attached hydrogens (tertiary/aromatic N) is 3. The quantitative estimate of drug-likeness (QED) is 0.226. The Morgan fingerprint density at radius 2 is 1.73 bits per heavy atom. The molecular formula is C36H30N6O3. The first kappa shape index (κ1) is 28.1. The lowest BCUT2D eigenvalue weighted by atomic mass is 9.97. The maximum Gasteiger partial charge on any atom is 0.326 e. The number of likely N-dealkylation sites (tertiary alicyclic amines) is 1. The molecule has 1 saturated heterocycles. The lowest BCUT2D eigenvalue weighted by molar-refractivity contribution is -0.111. The number of fused-ring (bicyclic) bond motifs is 2. The predicted octanol–water partition coefficient (Wildman–Crippen LogP) is 5.31. The molecule has 3 aromatic carbocycles. The number of terminal acetylenes is 1. The SMILES string of the molecule is C#CC(=O)Nc1ccc2[nH]c(=O)n(C3CCN(Cc4ccc(-c5nc6cc[nH]c(=O)c6cc5-c5ccccc5)cc4)CC3)c2c1.